The fourth-order valence-corrected chi connectivity index (χ4v) is 4.61. The van der Waals surface area contributed by atoms with Crippen molar-refractivity contribution in [2.24, 2.45) is 5.92 Å². The van der Waals surface area contributed by atoms with Gasteiger partial charge in [0.15, 0.2) is 0 Å². The highest BCUT2D eigenvalue weighted by atomic mass is 15.2. The Labute approximate surface area is 196 Å². The Morgan fingerprint density at radius 1 is 0.697 bits per heavy atom. The molecule has 0 saturated carbocycles. The summed E-state index contributed by atoms with van der Waals surface area (Å²) in [6, 6.07) is 32.8. The van der Waals surface area contributed by atoms with E-state index in [0.29, 0.717) is 5.92 Å². The highest BCUT2D eigenvalue weighted by Crippen LogP contribution is 2.35. The topological polar surface area (TPSA) is 15.3 Å². The van der Waals surface area contributed by atoms with E-state index in [1.54, 1.807) is 0 Å². The van der Waals surface area contributed by atoms with Crippen molar-refractivity contribution in [3.63, 3.8) is 0 Å². The fraction of sp³-hybridized carbons (Fsp3) is 0.161. The van der Waals surface area contributed by atoms with E-state index in [2.05, 4.69) is 140 Å². The van der Waals surface area contributed by atoms with Gasteiger partial charge >= 0.3 is 0 Å². The second kappa shape index (κ2) is 8.99. The average molecular weight is 431 g/mol. The second-order valence-electron chi connectivity index (χ2n) is 9.02. The Hall–Kier alpha value is -3.78. The van der Waals surface area contributed by atoms with Gasteiger partial charge in [-0.1, -0.05) is 90.9 Å². The van der Waals surface area contributed by atoms with Crippen LogP contribution in [0.15, 0.2) is 115 Å². The van der Waals surface area contributed by atoms with E-state index in [4.69, 9.17) is 0 Å². The number of anilines is 3. The van der Waals surface area contributed by atoms with E-state index in [-0.39, 0.29) is 6.04 Å². The quantitative estimate of drug-likeness (QED) is 0.343. The van der Waals surface area contributed by atoms with Gasteiger partial charge in [-0.3, -0.25) is 0 Å². The molecule has 1 aliphatic rings. The predicted molar refractivity (Wildman–Crippen MR) is 142 cm³/mol. The minimum atomic E-state index is 0.230. The van der Waals surface area contributed by atoms with Gasteiger partial charge in [0.2, 0.25) is 0 Å². The number of fused-ring (bicyclic) bond motifs is 1. The summed E-state index contributed by atoms with van der Waals surface area (Å²) in [4.78, 5) is 2.45. The number of hydrogen-bond acceptors (Lipinski definition) is 2. The molecule has 0 bridgehead atoms. The molecule has 4 aromatic carbocycles. The highest BCUT2D eigenvalue weighted by Gasteiger charge is 2.25. The summed E-state index contributed by atoms with van der Waals surface area (Å²) < 4.78 is 0. The molecular weight excluding hydrogens is 400 g/mol. The Morgan fingerprint density at radius 3 is 1.94 bits per heavy atom. The molecule has 0 saturated heterocycles. The van der Waals surface area contributed by atoms with Crippen LogP contribution in [0.1, 0.15) is 18.1 Å². The molecule has 1 aliphatic carbocycles. The lowest BCUT2D eigenvalue weighted by molar-refractivity contribution is 0.605. The number of rotatable bonds is 5. The van der Waals surface area contributed by atoms with Crippen molar-refractivity contribution in [3.05, 3.63) is 126 Å². The maximum Gasteiger partial charge on any atom is 0.0586 e. The molecule has 1 unspecified atom stereocenters. The number of aryl methyl sites for hydroxylation is 2. The molecular formula is C31H30N2. The zero-order valence-corrected chi connectivity index (χ0v) is 19.5. The molecule has 0 radical (unpaired) electrons. The number of hydrogen-bond donors (Lipinski definition) is 1. The van der Waals surface area contributed by atoms with Gasteiger partial charge in [0.25, 0.3) is 0 Å². The average Bonchev–Trinajstić information content (AvgIpc) is 2.83. The summed E-state index contributed by atoms with van der Waals surface area (Å²) in [5, 5.41) is 6.15. The van der Waals surface area contributed by atoms with Gasteiger partial charge in [-0.05, 0) is 55.6 Å². The first-order valence-corrected chi connectivity index (χ1v) is 11.7. The van der Waals surface area contributed by atoms with Crippen molar-refractivity contribution in [3.8, 4) is 0 Å². The molecule has 2 heteroatoms. The van der Waals surface area contributed by atoms with Crippen LogP contribution >= 0.6 is 0 Å². The fourth-order valence-electron chi connectivity index (χ4n) is 4.61. The molecule has 2 atom stereocenters. The smallest absolute Gasteiger partial charge is 0.0586 e. The van der Waals surface area contributed by atoms with Crippen LogP contribution < -0.4 is 10.2 Å². The summed E-state index contributed by atoms with van der Waals surface area (Å²) in [6.45, 7) is 6.57. The summed E-state index contributed by atoms with van der Waals surface area (Å²) >= 11 is 0. The standard InChI is InChI=1S/C31H30N2/c1-22-11-16-27(17-12-22)33(28-18-13-23(2)14-19-28)31-20-15-26(21-24(31)3)32-30-10-6-8-25-7-4-5-9-29(25)30/h4-21,24,31-32H,1-3H3/t24-,31?/m1/s1. The van der Waals surface area contributed by atoms with Crippen LogP contribution in [-0.4, -0.2) is 6.04 Å². The first kappa shape index (κ1) is 21.1. The number of nitrogens with zero attached hydrogens (tertiary/aromatic N) is 1. The third-order valence-electron chi connectivity index (χ3n) is 6.45. The van der Waals surface area contributed by atoms with Crippen molar-refractivity contribution in [1.82, 2.24) is 0 Å². The summed E-state index contributed by atoms with van der Waals surface area (Å²) in [5.41, 5.74) is 7.26. The molecule has 33 heavy (non-hydrogen) atoms. The minimum Gasteiger partial charge on any atom is -0.355 e. The lowest BCUT2D eigenvalue weighted by atomic mass is 9.92. The van der Waals surface area contributed by atoms with E-state index in [0.717, 1.165) is 11.4 Å². The Bertz CT molecular complexity index is 1260. The van der Waals surface area contributed by atoms with E-state index >= 15 is 0 Å². The zero-order chi connectivity index (χ0) is 22.8. The third kappa shape index (κ3) is 4.42. The van der Waals surface area contributed by atoms with Gasteiger partial charge < -0.3 is 10.2 Å². The molecule has 0 amide bonds. The van der Waals surface area contributed by atoms with Gasteiger partial charge in [-0.2, -0.15) is 0 Å². The number of allylic oxidation sites excluding steroid dienone is 1. The third-order valence-corrected chi connectivity index (χ3v) is 6.45. The largest absolute Gasteiger partial charge is 0.355 e. The van der Waals surface area contributed by atoms with Crippen molar-refractivity contribution in [2.45, 2.75) is 26.8 Å². The van der Waals surface area contributed by atoms with Crippen molar-refractivity contribution in [2.75, 3.05) is 10.2 Å². The van der Waals surface area contributed by atoms with Crippen LogP contribution in [-0.2, 0) is 0 Å². The molecule has 4 aromatic rings. The van der Waals surface area contributed by atoms with E-state index in [1.165, 1.54) is 33.3 Å². The van der Waals surface area contributed by atoms with Gasteiger partial charge in [-0.25, -0.2) is 0 Å². The molecule has 164 valence electrons. The van der Waals surface area contributed by atoms with Crippen LogP contribution in [0.5, 0.6) is 0 Å². The zero-order valence-electron chi connectivity index (χ0n) is 19.5. The van der Waals surface area contributed by atoms with Gasteiger partial charge in [0.05, 0.1) is 6.04 Å². The Balaban J connectivity index is 1.45. The molecule has 0 fully saturated rings. The van der Waals surface area contributed by atoms with Crippen LogP contribution in [0.4, 0.5) is 17.1 Å². The van der Waals surface area contributed by atoms with Crippen LogP contribution in [0.2, 0.25) is 0 Å². The van der Waals surface area contributed by atoms with E-state index < -0.39 is 0 Å². The lowest BCUT2D eigenvalue weighted by Gasteiger charge is -2.37. The Morgan fingerprint density at radius 2 is 1.30 bits per heavy atom. The SMILES string of the molecule is Cc1ccc(N(c2ccc(C)cc2)C2C=CC(Nc3cccc4ccccc34)=C[C@H]2C)cc1. The monoisotopic (exact) mass is 430 g/mol. The van der Waals surface area contributed by atoms with Crippen molar-refractivity contribution in [1.29, 1.82) is 0 Å². The van der Waals surface area contributed by atoms with Crippen LogP contribution in [0.3, 0.4) is 0 Å². The summed E-state index contributed by atoms with van der Waals surface area (Å²) in [7, 11) is 0. The van der Waals surface area contributed by atoms with Crippen molar-refractivity contribution < 1.29 is 0 Å². The van der Waals surface area contributed by atoms with Crippen molar-refractivity contribution >= 4 is 27.8 Å². The molecule has 0 spiro atoms. The van der Waals surface area contributed by atoms with Gasteiger partial charge in [0.1, 0.15) is 0 Å². The van der Waals surface area contributed by atoms with Gasteiger partial charge in [-0.15, -0.1) is 0 Å². The van der Waals surface area contributed by atoms with E-state index in [1.807, 2.05) is 0 Å². The predicted octanol–water partition coefficient (Wildman–Crippen LogP) is 8.17. The van der Waals surface area contributed by atoms with Crippen LogP contribution in [0.25, 0.3) is 10.8 Å². The van der Waals surface area contributed by atoms with Gasteiger partial charge in [0, 0.05) is 34.1 Å². The lowest BCUT2D eigenvalue weighted by Crippen LogP contribution is -2.36. The highest BCUT2D eigenvalue weighted by molar-refractivity contribution is 5.94. The van der Waals surface area contributed by atoms with E-state index in [9.17, 15) is 0 Å². The first-order valence-electron chi connectivity index (χ1n) is 11.7. The van der Waals surface area contributed by atoms with Crippen LogP contribution in [0, 0.1) is 19.8 Å². The summed E-state index contributed by atoms with van der Waals surface area (Å²) in [6.07, 6.45) is 6.90. The molecule has 1 N–H and O–H groups in total. The minimum absolute atomic E-state index is 0.230. The molecule has 0 aliphatic heterocycles. The molecule has 0 aromatic heterocycles. The Kier molecular flexibility index (Phi) is 5.75. The normalized spacial score (nSPS) is 17.6. The second-order valence-corrected chi connectivity index (χ2v) is 9.02. The number of benzene rings is 4. The maximum atomic E-state index is 3.66. The molecule has 0 heterocycles. The number of nitrogens with one attached hydrogen (secondary N) is 1. The molecule has 2 nitrogen and oxygen atoms in total. The first-order chi connectivity index (χ1) is 16.1. The molecule has 5 rings (SSSR count). The summed E-state index contributed by atoms with van der Waals surface area (Å²) in [5.74, 6) is 0.329. The maximum absolute atomic E-state index is 3.66.